The molecule has 0 unspecified atom stereocenters. The Balaban J connectivity index is 0.000000341. The Morgan fingerprint density at radius 3 is 2.18 bits per heavy atom. The Bertz CT molecular complexity index is 1050. The molecule has 1 nitrogen and oxygen atoms in total. The van der Waals surface area contributed by atoms with E-state index in [2.05, 4.69) is 103 Å². The van der Waals surface area contributed by atoms with E-state index in [9.17, 15) is 0 Å². The Morgan fingerprint density at radius 1 is 0.893 bits per heavy atom. The number of aromatic nitrogens is 1. The molecule has 0 spiro atoms. The molecule has 0 radical (unpaired) electrons. The number of hydrogen-bond acceptors (Lipinski definition) is 0. The second-order valence-electron chi connectivity index (χ2n) is 6.48. The van der Waals surface area contributed by atoms with E-state index < -0.39 is 0 Å². The van der Waals surface area contributed by atoms with Crippen LogP contribution in [-0.2, 0) is 21.7 Å². The molecule has 1 aliphatic carbocycles. The maximum absolute atomic E-state index is 3.19. The summed E-state index contributed by atoms with van der Waals surface area (Å²) in [5.74, 6) is 0. The predicted molar refractivity (Wildman–Crippen MR) is 107 cm³/mol. The smallest absolute Gasteiger partial charge is 1.00 e. The molecule has 0 amide bonds. The molecule has 0 bridgehead atoms. The van der Waals surface area contributed by atoms with Crippen molar-refractivity contribution in [3.8, 4) is 5.69 Å². The molecule has 4 heteroatoms. The molecule has 4 aromatic rings. The van der Waals surface area contributed by atoms with Gasteiger partial charge in [0.05, 0.1) is 5.52 Å². The summed E-state index contributed by atoms with van der Waals surface area (Å²) in [5, 5.41) is 3.87. The molecule has 1 aromatic heterocycles. The quantitative estimate of drug-likeness (QED) is 0.301. The van der Waals surface area contributed by atoms with Crippen LogP contribution in [0.3, 0.4) is 0 Å². The van der Waals surface area contributed by atoms with Crippen molar-refractivity contribution in [3.05, 3.63) is 96.2 Å². The third-order valence-electron chi connectivity index (χ3n) is 4.85. The molecule has 1 aliphatic rings. The van der Waals surface area contributed by atoms with E-state index in [0.29, 0.717) is 0 Å². The van der Waals surface area contributed by atoms with E-state index in [4.69, 9.17) is 0 Å². The predicted octanol–water partition coefficient (Wildman–Crippen LogP) is 0.594. The Morgan fingerprint density at radius 2 is 1.57 bits per heavy atom. The Labute approximate surface area is 194 Å². The van der Waals surface area contributed by atoms with Gasteiger partial charge >= 0.3 is 21.7 Å². The minimum atomic E-state index is 0. The summed E-state index contributed by atoms with van der Waals surface area (Å²) in [6.45, 7) is 4.22. The zero-order valence-electron chi connectivity index (χ0n) is 15.9. The molecule has 3 aromatic carbocycles. The van der Waals surface area contributed by atoms with Gasteiger partial charge in [-0.3, -0.25) is 6.08 Å². The van der Waals surface area contributed by atoms with Crippen LogP contribution in [0.1, 0.15) is 20.3 Å². The van der Waals surface area contributed by atoms with Crippen LogP contribution in [0.5, 0.6) is 0 Å². The van der Waals surface area contributed by atoms with Crippen LogP contribution in [0.15, 0.2) is 90.1 Å². The van der Waals surface area contributed by atoms with E-state index in [-0.39, 0.29) is 46.5 Å². The number of allylic oxidation sites excluding steroid dienone is 4. The van der Waals surface area contributed by atoms with Gasteiger partial charge in [0.2, 0.25) is 0 Å². The summed E-state index contributed by atoms with van der Waals surface area (Å²) in [5.41, 5.74) is 5.20. The first-order valence-electron chi connectivity index (χ1n) is 8.69. The maximum atomic E-state index is 3.19. The summed E-state index contributed by atoms with van der Waals surface area (Å²) in [4.78, 5) is 0. The average molecular weight is 442 g/mol. The van der Waals surface area contributed by atoms with Gasteiger partial charge in [-0.15, -0.1) is 54.4 Å². The zero-order chi connectivity index (χ0) is 17.2. The van der Waals surface area contributed by atoms with Crippen molar-refractivity contribution in [3.63, 3.8) is 0 Å². The van der Waals surface area contributed by atoms with Gasteiger partial charge in [-0.25, -0.2) is 11.1 Å². The molecule has 0 saturated carbocycles. The SMILES string of the molecule is CC1=[C-]CC=C1C.[Cl-].[Cl-].[Ti+4].c1ccc2[cH-]c(-n3ccc4ccccc43)cc2c1. The number of halogens is 2. The molecule has 140 valence electrons. The first-order chi connectivity index (χ1) is 12.2. The molecule has 28 heavy (non-hydrogen) atoms. The normalized spacial score (nSPS) is 12.1. The van der Waals surface area contributed by atoms with Gasteiger partial charge in [0.1, 0.15) is 0 Å². The van der Waals surface area contributed by atoms with Gasteiger partial charge < -0.3 is 29.4 Å². The van der Waals surface area contributed by atoms with Crippen molar-refractivity contribution in [1.82, 2.24) is 4.57 Å². The molecule has 0 fully saturated rings. The van der Waals surface area contributed by atoms with Crippen molar-refractivity contribution < 1.29 is 46.5 Å². The fourth-order valence-electron chi connectivity index (χ4n) is 3.23. The van der Waals surface area contributed by atoms with E-state index in [1.54, 1.807) is 0 Å². The number of fused-ring (bicyclic) bond motifs is 2. The van der Waals surface area contributed by atoms with Crippen LogP contribution < -0.4 is 24.8 Å². The van der Waals surface area contributed by atoms with Gasteiger partial charge in [0, 0.05) is 6.20 Å². The monoisotopic (exact) mass is 441 g/mol. The summed E-state index contributed by atoms with van der Waals surface area (Å²) < 4.78 is 2.25. The summed E-state index contributed by atoms with van der Waals surface area (Å²) in [6.07, 6.45) is 8.55. The van der Waals surface area contributed by atoms with Crippen LogP contribution in [0.2, 0.25) is 0 Å². The number of para-hydroxylation sites is 1. The fraction of sp³-hybridized carbons (Fsp3) is 0.125. The van der Waals surface area contributed by atoms with Crippen molar-refractivity contribution in [2.45, 2.75) is 20.3 Å². The Kier molecular flexibility index (Phi) is 9.40. The summed E-state index contributed by atoms with van der Waals surface area (Å²) >= 11 is 0. The van der Waals surface area contributed by atoms with E-state index in [1.807, 2.05) is 0 Å². The molecule has 0 saturated heterocycles. The van der Waals surface area contributed by atoms with Crippen LogP contribution in [0, 0.1) is 6.08 Å². The van der Waals surface area contributed by atoms with Crippen LogP contribution >= 0.6 is 0 Å². The summed E-state index contributed by atoms with van der Waals surface area (Å²) in [7, 11) is 0. The molecule has 0 aliphatic heterocycles. The fourth-order valence-corrected chi connectivity index (χ4v) is 3.23. The first kappa shape index (κ1) is 24.4. The van der Waals surface area contributed by atoms with E-state index in [0.717, 1.165) is 6.42 Å². The third-order valence-corrected chi connectivity index (χ3v) is 4.85. The Hall–Kier alpha value is -1.64. The number of hydrogen-bond donors (Lipinski definition) is 0. The van der Waals surface area contributed by atoms with Gasteiger partial charge in [0.15, 0.2) is 0 Å². The molecule has 5 rings (SSSR count). The third kappa shape index (κ3) is 5.04. The first-order valence-corrected chi connectivity index (χ1v) is 8.69. The maximum Gasteiger partial charge on any atom is 4.00 e. The van der Waals surface area contributed by atoms with Crippen LogP contribution in [0.4, 0.5) is 0 Å². The van der Waals surface area contributed by atoms with Crippen LogP contribution in [-0.4, -0.2) is 4.57 Å². The van der Waals surface area contributed by atoms with Gasteiger partial charge in [-0.05, 0) is 23.2 Å². The average Bonchev–Trinajstić information content (AvgIpc) is 3.34. The number of rotatable bonds is 1. The molecule has 0 atom stereocenters. The molecule has 1 heterocycles. The van der Waals surface area contributed by atoms with Crippen molar-refractivity contribution in [2.24, 2.45) is 0 Å². The van der Waals surface area contributed by atoms with Crippen LogP contribution in [0.25, 0.3) is 27.4 Å². The standard InChI is InChI=1S/C17H12N.C7H9.2ClH.Ti/c1-2-7-15-12-16(11-14(15)6-1)18-10-9-13-5-3-4-8-17(13)18;1-6-4-3-5-7(6)2;;;/h1-12H;4H,3H2,1-2H3;2*1H;/q2*-1;;;+4/p-2. The topological polar surface area (TPSA) is 4.93 Å². The van der Waals surface area contributed by atoms with E-state index in [1.165, 1.54) is 38.5 Å². The second-order valence-corrected chi connectivity index (χ2v) is 6.48. The molecular formula is C24H21Cl2NTi. The van der Waals surface area contributed by atoms with Crippen molar-refractivity contribution in [1.29, 1.82) is 0 Å². The molecular weight excluding hydrogens is 421 g/mol. The van der Waals surface area contributed by atoms with Crippen molar-refractivity contribution in [2.75, 3.05) is 0 Å². The largest absolute Gasteiger partial charge is 4.00 e. The minimum Gasteiger partial charge on any atom is -1.00 e. The van der Waals surface area contributed by atoms with Gasteiger partial charge in [0.25, 0.3) is 0 Å². The molecule has 0 N–H and O–H groups in total. The zero-order valence-corrected chi connectivity index (χ0v) is 19.0. The number of benzene rings is 2. The van der Waals surface area contributed by atoms with Gasteiger partial charge in [-0.2, -0.15) is 6.08 Å². The minimum absolute atomic E-state index is 0. The van der Waals surface area contributed by atoms with Gasteiger partial charge in [-0.1, -0.05) is 31.2 Å². The van der Waals surface area contributed by atoms with Crippen molar-refractivity contribution >= 4 is 21.7 Å². The second kappa shape index (κ2) is 10.8. The van der Waals surface area contributed by atoms with E-state index >= 15 is 0 Å². The number of nitrogens with zero attached hydrogens (tertiary/aromatic N) is 1. The summed E-state index contributed by atoms with van der Waals surface area (Å²) in [6, 6.07) is 23.6.